The number of carbonyl (C=O) groups excluding carboxylic acids is 1. The minimum atomic E-state index is 0.125. The standard InChI is InChI=1S/C15H22N2O2/c1-11-9-13(19-3)6-7-14(11)15(18)17-8-4-5-12(10-17)16-2/h6-7,9,12,16H,4-5,8,10H2,1-3H3. The number of rotatable bonds is 3. The van der Waals surface area contributed by atoms with E-state index < -0.39 is 0 Å². The van der Waals surface area contributed by atoms with Gasteiger partial charge in [-0.15, -0.1) is 0 Å². The van der Waals surface area contributed by atoms with Gasteiger partial charge in [0.2, 0.25) is 0 Å². The Morgan fingerprint density at radius 1 is 1.47 bits per heavy atom. The van der Waals surface area contributed by atoms with Crippen molar-refractivity contribution in [2.45, 2.75) is 25.8 Å². The molecule has 4 nitrogen and oxygen atoms in total. The SMILES string of the molecule is CNC1CCCN(C(=O)c2ccc(OC)cc2C)C1. The first kappa shape index (κ1) is 13.9. The minimum Gasteiger partial charge on any atom is -0.497 e. The molecule has 2 rings (SSSR count). The molecule has 0 spiro atoms. The Labute approximate surface area is 114 Å². The van der Waals surface area contributed by atoms with Gasteiger partial charge in [0.15, 0.2) is 0 Å². The van der Waals surface area contributed by atoms with E-state index >= 15 is 0 Å². The van der Waals surface area contributed by atoms with Crippen molar-refractivity contribution in [3.05, 3.63) is 29.3 Å². The predicted molar refractivity (Wildman–Crippen MR) is 75.7 cm³/mol. The Hall–Kier alpha value is -1.55. The highest BCUT2D eigenvalue weighted by Crippen LogP contribution is 2.20. The van der Waals surface area contributed by atoms with Gasteiger partial charge in [0, 0.05) is 24.7 Å². The summed E-state index contributed by atoms with van der Waals surface area (Å²) in [4.78, 5) is 14.5. The second-order valence-electron chi connectivity index (χ2n) is 5.06. The second kappa shape index (κ2) is 6.06. The van der Waals surface area contributed by atoms with E-state index in [-0.39, 0.29) is 5.91 Å². The number of nitrogens with one attached hydrogen (secondary N) is 1. The zero-order valence-corrected chi connectivity index (χ0v) is 11.9. The zero-order valence-electron chi connectivity index (χ0n) is 11.9. The summed E-state index contributed by atoms with van der Waals surface area (Å²) in [6.45, 7) is 3.60. The lowest BCUT2D eigenvalue weighted by Gasteiger charge is -2.33. The summed E-state index contributed by atoms with van der Waals surface area (Å²) in [6, 6.07) is 6.03. The fourth-order valence-electron chi connectivity index (χ4n) is 2.57. The first-order chi connectivity index (χ1) is 9.15. The maximum absolute atomic E-state index is 12.5. The lowest BCUT2D eigenvalue weighted by molar-refractivity contribution is 0.0697. The van der Waals surface area contributed by atoms with Crippen LogP contribution in [0.4, 0.5) is 0 Å². The average molecular weight is 262 g/mol. The molecule has 1 heterocycles. The van der Waals surface area contributed by atoms with Crippen molar-refractivity contribution >= 4 is 5.91 Å². The number of hydrogen-bond acceptors (Lipinski definition) is 3. The van der Waals surface area contributed by atoms with E-state index in [1.807, 2.05) is 37.1 Å². The van der Waals surface area contributed by atoms with Gasteiger partial charge in [-0.3, -0.25) is 4.79 Å². The first-order valence-corrected chi connectivity index (χ1v) is 6.77. The van der Waals surface area contributed by atoms with E-state index in [2.05, 4.69) is 5.32 Å². The molecule has 0 saturated carbocycles. The number of carbonyl (C=O) groups is 1. The number of benzene rings is 1. The highest BCUT2D eigenvalue weighted by molar-refractivity contribution is 5.95. The number of piperidine rings is 1. The van der Waals surface area contributed by atoms with Crippen molar-refractivity contribution in [2.24, 2.45) is 0 Å². The van der Waals surface area contributed by atoms with E-state index in [0.717, 1.165) is 42.8 Å². The zero-order chi connectivity index (χ0) is 13.8. The van der Waals surface area contributed by atoms with Crippen LogP contribution in [0.1, 0.15) is 28.8 Å². The third-order valence-electron chi connectivity index (χ3n) is 3.78. The molecule has 1 amide bonds. The average Bonchev–Trinajstić information content (AvgIpc) is 2.46. The summed E-state index contributed by atoms with van der Waals surface area (Å²) in [5.41, 5.74) is 1.74. The molecule has 19 heavy (non-hydrogen) atoms. The van der Waals surface area contributed by atoms with Crippen LogP contribution in [-0.4, -0.2) is 44.1 Å². The van der Waals surface area contributed by atoms with Gasteiger partial charge in [-0.1, -0.05) is 0 Å². The Kier molecular flexibility index (Phi) is 4.43. The third kappa shape index (κ3) is 3.07. The fraction of sp³-hybridized carbons (Fsp3) is 0.533. The molecule has 0 aliphatic carbocycles. The normalized spacial score (nSPS) is 19.3. The van der Waals surface area contributed by atoms with Crippen LogP contribution in [0.2, 0.25) is 0 Å². The number of likely N-dealkylation sites (tertiary alicyclic amines) is 1. The summed E-state index contributed by atoms with van der Waals surface area (Å²) in [5, 5.41) is 3.26. The van der Waals surface area contributed by atoms with E-state index in [4.69, 9.17) is 4.74 Å². The number of ether oxygens (including phenoxy) is 1. The molecule has 4 heteroatoms. The Balaban J connectivity index is 2.15. The van der Waals surface area contributed by atoms with Crippen LogP contribution in [-0.2, 0) is 0 Å². The summed E-state index contributed by atoms with van der Waals surface area (Å²) < 4.78 is 5.17. The summed E-state index contributed by atoms with van der Waals surface area (Å²) >= 11 is 0. The molecular weight excluding hydrogens is 240 g/mol. The molecule has 1 unspecified atom stereocenters. The first-order valence-electron chi connectivity index (χ1n) is 6.77. The van der Waals surface area contributed by atoms with Gasteiger partial charge in [0.05, 0.1) is 7.11 Å². The van der Waals surface area contributed by atoms with Gasteiger partial charge >= 0.3 is 0 Å². The van der Waals surface area contributed by atoms with Crippen molar-refractivity contribution in [1.82, 2.24) is 10.2 Å². The highest BCUT2D eigenvalue weighted by atomic mass is 16.5. The smallest absolute Gasteiger partial charge is 0.254 e. The van der Waals surface area contributed by atoms with Crippen LogP contribution in [0, 0.1) is 6.92 Å². The van der Waals surface area contributed by atoms with Crippen LogP contribution in [0.3, 0.4) is 0 Å². The summed E-state index contributed by atoms with van der Waals surface area (Å²) in [5.74, 6) is 0.917. The van der Waals surface area contributed by atoms with Crippen LogP contribution in [0.5, 0.6) is 5.75 Å². The Morgan fingerprint density at radius 2 is 2.26 bits per heavy atom. The number of hydrogen-bond donors (Lipinski definition) is 1. The lowest BCUT2D eigenvalue weighted by atomic mass is 10.0. The van der Waals surface area contributed by atoms with Crippen LogP contribution < -0.4 is 10.1 Å². The van der Waals surface area contributed by atoms with Crippen LogP contribution in [0.15, 0.2) is 18.2 Å². The number of nitrogens with zero attached hydrogens (tertiary/aromatic N) is 1. The molecule has 1 fully saturated rings. The van der Waals surface area contributed by atoms with E-state index in [0.29, 0.717) is 6.04 Å². The van der Waals surface area contributed by atoms with Gasteiger partial charge in [-0.05, 0) is 50.6 Å². The number of methoxy groups -OCH3 is 1. The molecule has 1 aromatic carbocycles. The van der Waals surface area contributed by atoms with Gasteiger partial charge in [0.1, 0.15) is 5.75 Å². The van der Waals surface area contributed by atoms with E-state index in [1.54, 1.807) is 7.11 Å². The second-order valence-corrected chi connectivity index (χ2v) is 5.06. The molecule has 104 valence electrons. The van der Waals surface area contributed by atoms with Gasteiger partial charge in [-0.25, -0.2) is 0 Å². The molecule has 1 aliphatic heterocycles. The predicted octanol–water partition coefficient (Wildman–Crippen LogP) is 1.83. The van der Waals surface area contributed by atoms with Crippen LogP contribution >= 0.6 is 0 Å². The fourth-order valence-corrected chi connectivity index (χ4v) is 2.57. The summed E-state index contributed by atoms with van der Waals surface area (Å²) in [7, 11) is 3.59. The largest absolute Gasteiger partial charge is 0.497 e. The van der Waals surface area contributed by atoms with Crippen LogP contribution in [0.25, 0.3) is 0 Å². The number of aryl methyl sites for hydroxylation is 1. The molecule has 1 atom stereocenters. The Bertz CT molecular complexity index is 459. The summed E-state index contributed by atoms with van der Waals surface area (Å²) in [6.07, 6.45) is 2.20. The van der Waals surface area contributed by atoms with Gasteiger partial charge < -0.3 is 15.0 Å². The number of amides is 1. The molecule has 1 saturated heterocycles. The molecule has 0 aromatic heterocycles. The van der Waals surface area contributed by atoms with E-state index in [9.17, 15) is 4.79 Å². The molecule has 1 aromatic rings. The third-order valence-corrected chi connectivity index (χ3v) is 3.78. The van der Waals surface area contributed by atoms with E-state index in [1.165, 1.54) is 0 Å². The topological polar surface area (TPSA) is 41.6 Å². The number of likely N-dealkylation sites (N-methyl/N-ethyl adjacent to an activating group) is 1. The van der Waals surface area contributed by atoms with Crippen molar-refractivity contribution in [3.63, 3.8) is 0 Å². The Morgan fingerprint density at radius 3 is 2.89 bits per heavy atom. The van der Waals surface area contributed by atoms with Gasteiger partial charge in [-0.2, -0.15) is 0 Å². The molecule has 1 aliphatic rings. The maximum atomic E-state index is 12.5. The van der Waals surface area contributed by atoms with Crippen molar-refractivity contribution in [2.75, 3.05) is 27.2 Å². The van der Waals surface area contributed by atoms with Crippen molar-refractivity contribution in [3.8, 4) is 5.75 Å². The quantitative estimate of drug-likeness (QED) is 0.903. The monoisotopic (exact) mass is 262 g/mol. The highest BCUT2D eigenvalue weighted by Gasteiger charge is 2.24. The maximum Gasteiger partial charge on any atom is 0.254 e. The molecular formula is C15H22N2O2. The molecule has 0 radical (unpaired) electrons. The lowest BCUT2D eigenvalue weighted by Crippen LogP contribution is -2.47. The molecule has 0 bridgehead atoms. The minimum absolute atomic E-state index is 0.125. The van der Waals surface area contributed by atoms with Crippen molar-refractivity contribution < 1.29 is 9.53 Å². The van der Waals surface area contributed by atoms with Gasteiger partial charge in [0.25, 0.3) is 5.91 Å². The molecule has 1 N–H and O–H groups in total. The van der Waals surface area contributed by atoms with Crippen molar-refractivity contribution in [1.29, 1.82) is 0 Å².